The summed E-state index contributed by atoms with van der Waals surface area (Å²) in [5, 5.41) is 4.07. The Morgan fingerprint density at radius 3 is 2.38 bits per heavy atom. The summed E-state index contributed by atoms with van der Waals surface area (Å²) in [7, 11) is -2.08. The molecule has 0 fully saturated rings. The maximum atomic E-state index is 12.3. The number of carbonyl (C=O) groups excluding carboxylic acids is 1. The molecular weight excluding hydrogens is 290 g/mol. The largest absolute Gasteiger partial charge is 0.293 e. The fourth-order valence-corrected chi connectivity index (χ4v) is 3.52. The average Bonchev–Trinajstić information content (AvgIpc) is 2.71. The highest BCUT2D eigenvalue weighted by molar-refractivity contribution is 7.89. The quantitative estimate of drug-likeness (QED) is 0.842. The van der Waals surface area contributed by atoms with Crippen LogP contribution in [0, 0.1) is 13.8 Å². The molecule has 0 spiro atoms. The van der Waals surface area contributed by atoms with Gasteiger partial charge in [0.05, 0.1) is 17.9 Å². The number of hydrogen-bond acceptors (Lipinski definition) is 4. The lowest BCUT2D eigenvalue weighted by Crippen LogP contribution is -2.30. The Morgan fingerprint density at radius 2 is 1.86 bits per heavy atom. The number of carbonyl (C=O) groups is 1. The summed E-state index contributed by atoms with van der Waals surface area (Å²) in [5.41, 5.74) is 1.42. The van der Waals surface area contributed by atoms with Crippen LogP contribution in [-0.2, 0) is 17.1 Å². The first kappa shape index (κ1) is 15.4. The van der Waals surface area contributed by atoms with Crippen LogP contribution in [0.1, 0.15) is 21.7 Å². The normalized spacial score (nSPS) is 11.6. The molecule has 21 heavy (non-hydrogen) atoms. The van der Waals surface area contributed by atoms with E-state index in [9.17, 15) is 13.2 Å². The van der Waals surface area contributed by atoms with Crippen LogP contribution in [-0.4, -0.2) is 30.5 Å². The number of nitrogens with one attached hydrogen (secondary N) is 1. The van der Waals surface area contributed by atoms with Crippen molar-refractivity contribution in [1.29, 1.82) is 0 Å². The number of aromatic nitrogens is 2. The van der Waals surface area contributed by atoms with E-state index >= 15 is 0 Å². The SMILES string of the molecule is Cc1nn(C)c(C)c1S(=O)(=O)NCC(=O)c1ccccc1. The van der Waals surface area contributed by atoms with E-state index in [0.29, 0.717) is 17.0 Å². The van der Waals surface area contributed by atoms with E-state index in [1.807, 2.05) is 0 Å². The summed E-state index contributed by atoms with van der Waals surface area (Å²) in [6.07, 6.45) is 0. The fourth-order valence-electron chi connectivity index (χ4n) is 2.10. The van der Waals surface area contributed by atoms with Gasteiger partial charge in [-0.05, 0) is 13.8 Å². The van der Waals surface area contributed by atoms with Gasteiger partial charge in [-0.1, -0.05) is 30.3 Å². The maximum Gasteiger partial charge on any atom is 0.244 e. The number of ketones is 1. The van der Waals surface area contributed by atoms with E-state index in [-0.39, 0.29) is 17.2 Å². The Hall–Kier alpha value is -1.99. The van der Waals surface area contributed by atoms with Crippen molar-refractivity contribution in [1.82, 2.24) is 14.5 Å². The summed E-state index contributed by atoms with van der Waals surface area (Å²) in [6.45, 7) is 3.02. The first-order chi connectivity index (χ1) is 9.83. The smallest absolute Gasteiger partial charge is 0.244 e. The van der Waals surface area contributed by atoms with E-state index in [0.717, 1.165) is 0 Å². The molecule has 6 nitrogen and oxygen atoms in total. The predicted molar refractivity (Wildman–Crippen MR) is 78.6 cm³/mol. The molecule has 0 aliphatic heterocycles. The van der Waals surface area contributed by atoms with Gasteiger partial charge in [-0.3, -0.25) is 9.48 Å². The minimum absolute atomic E-state index is 0.130. The third-order valence-electron chi connectivity index (χ3n) is 3.23. The molecule has 0 aliphatic carbocycles. The van der Waals surface area contributed by atoms with Gasteiger partial charge in [-0.25, -0.2) is 13.1 Å². The zero-order chi connectivity index (χ0) is 15.6. The zero-order valence-corrected chi connectivity index (χ0v) is 12.9. The number of hydrogen-bond donors (Lipinski definition) is 1. The van der Waals surface area contributed by atoms with Gasteiger partial charge in [0.2, 0.25) is 10.0 Å². The fraction of sp³-hybridized carbons (Fsp3) is 0.286. The van der Waals surface area contributed by atoms with Gasteiger partial charge in [-0.2, -0.15) is 5.10 Å². The van der Waals surface area contributed by atoms with Crippen LogP contribution in [0.15, 0.2) is 35.2 Å². The molecule has 0 saturated heterocycles. The number of sulfonamides is 1. The van der Waals surface area contributed by atoms with Crippen molar-refractivity contribution >= 4 is 15.8 Å². The lowest BCUT2D eigenvalue weighted by molar-refractivity contribution is 0.0997. The van der Waals surface area contributed by atoms with Crippen molar-refractivity contribution in [2.75, 3.05) is 6.54 Å². The van der Waals surface area contributed by atoms with Gasteiger partial charge in [0.25, 0.3) is 0 Å². The van der Waals surface area contributed by atoms with E-state index in [1.54, 1.807) is 51.2 Å². The monoisotopic (exact) mass is 307 g/mol. The molecule has 2 aromatic rings. The van der Waals surface area contributed by atoms with Gasteiger partial charge >= 0.3 is 0 Å². The number of benzene rings is 1. The summed E-state index contributed by atoms with van der Waals surface area (Å²) < 4.78 is 28.5. The second-order valence-electron chi connectivity index (χ2n) is 4.74. The highest BCUT2D eigenvalue weighted by Crippen LogP contribution is 2.18. The van der Waals surface area contributed by atoms with Crippen LogP contribution in [0.4, 0.5) is 0 Å². The molecular formula is C14H17N3O3S. The molecule has 7 heteroatoms. The third-order valence-corrected chi connectivity index (χ3v) is 4.88. The Kier molecular flexibility index (Phi) is 4.24. The molecule has 0 unspecified atom stereocenters. The molecule has 0 amide bonds. The number of aryl methyl sites for hydroxylation is 2. The number of rotatable bonds is 5. The highest BCUT2D eigenvalue weighted by atomic mass is 32.2. The van der Waals surface area contributed by atoms with Gasteiger partial charge in [0, 0.05) is 12.6 Å². The summed E-state index contributed by atoms with van der Waals surface area (Å²) in [4.78, 5) is 12.1. The summed E-state index contributed by atoms with van der Waals surface area (Å²) in [5.74, 6) is -0.279. The summed E-state index contributed by atoms with van der Waals surface area (Å²) in [6, 6.07) is 8.56. The van der Waals surface area contributed by atoms with Crippen LogP contribution in [0.2, 0.25) is 0 Å². The van der Waals surface area contributed by atoms with Crippen molar-refractivity contribution in [3.63, 3.8) is 0 Å². The molecule has 0 aliphatic rings. The Labute approximate surface area is 123 Å². The molecule has 0 atom stereocenters. The minimum Gasteiger partial charge on any atom is -0.293 e. The molecule has 1 aromatic carbocycles. The van der Waals surface area contributed by atoms with Crippen molar-refractivity contribution in [3.05, 3.63) is 47.3 Å². The van der Waals surface area contributed by atoms with Crippen LogP contribution < -0.4 is 4.72 Å². The minimum atomic E-state index is -3.76. The predicted octanol–water partition coefficient (Wildman–Crippen LogP) is 1.20. The maximum absolute atomic E-state index is 12.3. The van der Waals surface area contributed by atoms with Gasteiger partial charge < -0.3 is 0 Å². The molecule has 1 N–H and O–H groups in total. The Balaban J connectivity index is 2.17. The molecule has 0 saturated carbocycles. The van der Waals surface area contributed by atoms with Crippen molar-refractivity contribution in [2.45, 2.75) is 18.7 Å². The Bertz CT molecular complexity index is 764. The topological polar surface area (TPSA) is 81.1 Å². The van der Waals surface area contributed by atoms with Crippen molar-refractivity contribution in [2.24, 2.45) is 7.05 Å². The molecule has 2 rings (SSSR count). The van der Waals surface area contributed by atoms with Gasteiger partial charge in [-0.15, -0.1) is 0 Å². The first-order valence-corrected chi connectivity index (χ1v) is 7.89. The molecule has 1 heterocycles. The number of Topliss-reactive ketones (excluding diaryl/α,β-unsaturated/α-hetero) is 1. The van der Waals surface area contributed by atoms with Crippen LogP contribution >= 0.6 is 0 Å². The second-order valence-corrected chi connectivity index (χ2v) is 6.44. The molecule has 0 radical (unpaired) electrons. The van der Waals surface area contributed by atoms with E-state index in [1.165, 1.54) is 4.68 Å². The second kappa shape index (κ2) is 5.79. The lowest BCUT2D eigenvalue weighted by atomic mass is 10.1. The molecule has 0 bridgehead atoms. The average molecular weight is 307 g/mol. The lowest BCUT2D eigenvalue weighted by Gasteiger charge is -2.06. The van der Waals surface area contributed by atoms with Gasteiger partial charge in [0.15, 0.2) is 5.78 Å². The van der Waals surface area contributed by atoms with Gasteiger partial charge in [0.1, 0.15) is 4.90 Å². The zero-order valence-electron chi connectivity index (χ0n) is 12.1. The van der Waals surface area contributed by atoms with E-state index in [2.05, 4.69) is 9.82 Å². The van der Waals surface area contributed by atoms with E-state index < -0.39 is 10.0 Å². The third kappa shape index (κ3) is 3.20. The molecule has 1 aromatic heterocycles. The van der Waals surface area contributed by atoms with Crippen molar-refractivity contribution in [3.8, 4) is 0 Å². The standard InChI is InChI=1S/C14H17N3O3S/c1-10-14(11(2)17(3)16-10)21(19,20)15-9-13(18)12-7-5-4-6-8-12/h4-8,15H,9H2,1-3H3. The van der Waals surface area contributed by atoms with Crippen LogP contribution in [0.25, 0.3) is 0 Å². The van der Waals surface area contributed by atoms with Crippen LogP contribution in [0.5, 0.6) is 0 Å². The van der Waals surface area contributed by atoms with E-state index in [4.69, 9.17) is 0 Å². The number of nitrogens with zero attached hydrogens (tertiary/aromatic N) is 2. The highest BCUT2D eigenvalue weighted by Gasteiger charge is 2.24. The van der Waals surface area contributed by atoms with Crippen LogP contribution in [0.3, 0.4) is 0 Å². The van der Waals surface area contributed by atoms with Crippen molar-refractivity contribution < 1.29 is 13.2 Å². The molecule has 112 valence electrons. The Morgan fingerprint density at radius 1 is 1.24 bits per heavy atom. The first-order valence-electron chi connectivity index (χ1n) is 6.41. The summed E-state index contributed by atoms with van der Waals surface area (Å²) >= 11 is 0.